The topological polar surface area (TPSA) is 76.7 Å². The maximum Gasteiger partial charge on any atom is 0.416 e. The number of benzene rings is 2. The molecule has 160 valence electrons. The zero-order chi connectivity index (χ0) is 21.9. The molecular weight excluding hydrogens is 408 g/mol. The summed E-state index contributed by atoms with van der Waals surface area (Å²) in [7, 11) is 1.26. The van der Waals surface area contributed by atoms with Crippen molar-refractivity contribution < 1.29 is 36.6 Å². The highest BCUT2D eigenvalue weighted by atomic mass is 19.4. The molecule has 2 aromatic rings. The van der Waals surface area contributed by atoms with Gasteiger partial charge in [-0.05, 0) is 36.8 Å². The van der Waals surface area contributed by atoms with E-state index in [-0.39, 0.29) is 29.4 Å². The van der Waals surface area contributed by atoms with Crippen LogP contribution in [-0.4, -0.2) is 31.5 Å². The smallest absolute Gasteiger partial charge is 0.416 e. The molecule has 6 nitrogen and oxygen atoms in total. The minimum atomic E-state index is -4.67. The number of nitrogens with one attached hydrogen (secondary N) is 2. The molecule has 2 amide bonds. The number of alkyl halides is 3. The Balaban J connectivity index is 1.91. The predicted molar refractivity (Wildman–Crippen MR) is 98.0 cm³/mol. The van der Waals surface area contributed by atoms with Gasteiger partial charge in [0.2, 0.25) is 5.91 Å². The first-order valence-corrected chi connectivity index (χ1v) is 8.97. The van der Waals surface area contributed by atoms with Crippen molar-refractivity contribution in [1.82, 2.24) is 10.6 Å². The Morgan fingerprint density at radius 3 is 2.57 bits per heavy atom. The number of methoxy groups -OCH3 is 1. The Labute approximate surface area is 169 Å². The van der Waals surface area contributed by atoms with E-state index < -0.39 is 35.3 Å². The number of piperidine rings is 1. The molecule has 0 aromatic heterocycles. The fraction of sp³-hybridized carbons (Fsp3) is 0.300. The first kappa shape index (κ1) is 21.4. The van der Waals surface area contributed by atoms with Crippen molar-refractivity contribution in [2.75, 3.05) is 13.7 Å². The second kappa shape index (κ2) is 8.60. The third-order valence-electron chi connectivity index (χ3n) is 4.49. The van der Waals surface area contributed by atoms with Gasteiger partial charge in [0, 0.05) is 25.1 Å². The fourth-order valence-electron chi connectivity index (χ4n) is 2.98. The molecule has 0 aliphatic carbocycles. The molecule has 1 heterocycles. The van der Waals surface area contributed by atoms with Crippen molar-refractivity contribution in [3.8, 4) is 17.2 Å². The standard InChI is InChI=1S/C20H18F4N2O4/c1-29-16-5-3-13(10-15(16)21)30-17-8-11(20(22,23)24)2-4-14(17)19(28)26-12-6-7-25-18(27)9-12/h2-5,8,10,12H,6-7,9H2,1H3,(H,25,27)(H,26,28). The zero-order valence-electron chi connectivity index (χ0n) is 15.8. The molecule has 1 fully saturated rings. The Bertz CT molecular complexity index is 962. The number of rotatable bonds is 5. The fourth-order valence-corrected chi connectivity index (χ4v) is 2.98. The molecule has 2 N–H and O–H groups in total. The van der Waals surface area contributed by atoms with Crippen LogP contribution in [0.3, 0.4) is 0 Å². The minimum Gasteiger partial charge on any atom is -0.494 e. The van der Waals surface area contributed by atoms with Crippen LogP contribution >= 0.6 is 0 Å². The number of hydrogen-bond donors (Lipinski definition) is 2. The second-order valence-corrected chi connectivity index (χ2v) is 6.62. The van der Waals surface area contributed by atoms with Crippen molar-refractivity contribution in [1.29, 1.82) is 0 Å². The predicted octanol–water partition coefficient (Wildman–Crippen LogP) is 3.65. The van der Waals surface area contributed by atoms with E-state index in [0.717, 1.165) is 18.2 Å². The minimum absolute atomic E-state index is 0.0618. The Morgan fingerprint density at radius 2 is 1.93 bits per heavy atom. The van der Waals surface area contributed by atoms with Gasteiger partial charge in [0.25, 0.3) is 5.91 Å². The summed E-state index contributed by atoms with van der Waals surface area (Å²) in [6.07, 6.45) is -4.12. The number of amides is 2. The lowest BCUT2D eigenvalue weighted by Crippen LogP contribution is -2.45. The molecule has 1 aliphatic rings. The van der Waals surface area contributed by atoms with Gasteiger partial charge in [0.1, 0.15) is 11.5 Å². The quantitative estimate of drug-likeness (QED) is 0.716. The first-order valence-electron chi connectivity index (χ1n) is 8.97. The SMILES string of the molecule is COc1ccc(Oc2cc(C(F)(F)F)ccc2C(=O)NC2CCNC(=O)C2)cc1F. The van der Waals surface area contributed by atoms with Crippen molar-refractivity contribution >= 4 is 11.8 Å². The van der Waals surface area contributed by atoms with Crippen LogP contribution in [0.2, 0.25) is 0 Å². The maximum atomic E-state index is 13.9. The van der Waals surface area contributed by atoms with Gasteiger partial charge in [-0.2, -0.15) is 13.2 Å². The number of carbonyl (C=O) groups excluding carboxylic acids is 2. The maximum absolute atomic E-state index is 13.9. The summed E-state index contributed by atoms with van der Waals surface area (Å²) in [4.78, 5) is 24.1. The third kappa shape index (κ3) is 5.00. The molecule has 30 heavy (non-hydrogen) atoms. The van der Waals surface area contributed by atoms with Gasteiger partial charge >= 0.3 is 6.18 Å². The van der Waals surface area contributed by atoms with Gasteiger partial charge in [-0.15, -0.1) is 0 Å². The molecule has 10 heteroatoms. The summed E-state index contributed by atoms with van der Waals surface area (Å²) in [5, 5.41) is 5.25. The van der Waals surface area contributed by atoms with Crippen molar-refractivity contribution in [3.63, 3.8) is 0 Å². The van der Waals surface area contributed by atoms with Crippen LogP contribution in [0.5, 0.6) is 17.2 Å². The van der Waals surface area contributed by atoms with E-state index >= 15 is 0 Å². The molecule has 0 bridgehead atoms. The highest BCUT2D eigenvalue weighted by Gasteiger charge is 2.32. The van der Waals surface area contributed by atoms with E-state index in [9.17, 15) is 27.2 Å². The molecule has 0 saturated carbocycles. The summed E-state index contributed by atoms with van der Waals surface area (Å²) in [6, 6.07) is 5.44. The van der Waals surface area contributed by atoms with Crippen LogP contribution in [0.1, 0.15) is 28.8 Å². The molecule has 1 unspecified atom stereocenters. The summed E-state index contributed by atoms with van der Waals surface area (Å²) in [5.41, 5.74) is -1.20. The van der Waals surface area contributed by atoms with Crippen LogP contribution in [-0.2, 0) is 11.0 Å². The lowest BCUT2D eigenvalue weighted by Gasteiger charge is -2.23. The zero-order valence-corrected chi connectivity index (χ0v) is 15.8. The number of ether oxygens (including phenoxy) is 2. The number of halogens is 4. The van der Waals surface area contributed by atoms with E-state index in [4.69, 9.17) is 9.47 Å². The lowest BCUT2D eigenvalue weighted by atomic mass is 10.0. The van der Waals surface area contributed by atoms with Gasteiger partial charge in [0.15, 0.2) is 11.6 Å². The monoisotopic (exact) mass is 426 g/mol. The Kier molecular flexibility index (Phi) is 6.14. The first-order chi connectivity index (χ1) is 14.2. The van der Waals surface area contributed by atoms with Gasteiger partial charge in [-0.25, -0.2) is 4.39 Å². The van der Waals surface area contributed by atoms with Crippen LogP contribution in [0, 0.1) is 5.82 Å². The Morgan fingerprint density at radius 1 is 1.17 bits per heavy atom. The molecule has 1 atom stereocenters. The van der Waals surface area contributed by atoms with E-state index in [1.54, 1.807) is 0 Å². The van der Waals surface area contributed by atoms with Crippen LogP contribution in [0.15, 0.2) is 36.4 Å². The van der Waals surface area contributed by atoms with E-state index in [0.29, 0.717) is 19.0 Å². The van der Waals surface area contributed by atoms with Crippen molar-refractivity contribution in [2.24, 2.45) is 0 Å². The van der Waals surface area contributed by atoms with Crippen LogP contribution in [0.4, 0.5) is 17.6 Å². The second-order valence-electron chi connectivity index (χ2n) is 6.62. The van der Waals surface area contributed by atoms with Gasteiger partial charge in [0.05, 0.1) is 18.2 Å². The highest BCUT2D eigenvalue weighted by molar-refractivity contribution is 5.97. The molecule has 1 saturated heterocycles. The van der Waals surface area contributed by atoms with Crippen molar-refractivity contribution in [2.45, 2.75) is 25.1 Å². The Hall–Kier alpha value is -3.30. The summed E-state index contributed by atoms with van der Waals surface area (Å²) < 4.78 is 63.6. The average Bonchev–Trinajstić information content (AvgIpc) is 2.67. The largest absolute Gasteiger partial charge is 0.494 e. The van der Waals surface area contributed by atoms with Crippen molar-refractivity contribution in [3.05, 3.63) is 53.3 Å². The number of hydrogen-bond acceptors (Lipinski definition) is 4. The van der Waals surface area contributed by atoms with E-state index in [1.165, 1.54) is 19.2 Å². The van der Waals surface area contributed by atoms with Crippen LogP contribution in [0.25, 0.3) is 0 Å². The molecular formula is C20H18F4N2O4. The highest BCUT2D eigenvalue weighted by Crippen LogP contribution is 2.35. The van der Waals surface area contributed by atoms with Gasteiger partial charge in [-0.1, -0.05) is 0 Å². The summed E-state index contributed by atoms with van der Waals surface area (Å²) in [6.45, 7) is 0.380. The molecule has 2 aromatic carbocycles. The average molecular weight is 426 g/mol. The summed E-state index contributed by atoms with van der Waals surface area (Å²) in [5.74, 6) is -2.29. The number of carbonyl (C=O) groups is 2. The normalized spacial score (nSPS) is 16.6. The molecule has 0 radical (unpaired) electrons. The third-order valence-corrected chi connectivity index (χ3v) is 4.49. The van der Waals surface area contributed by atoms with Crippen LogP contribution < -0.4 is 20.1 Å². The molecule has 0 spiro atoms. The van der Waals surface area contributed by atoms with Gasteiger partial charge in [-0.3, -0.25) is 9.59 Å². The summed E-state index contributed by atoms with van der Waals surface area (Å²) >= 11 is 0. The van der Waals surface area contributed by atoms with E-state index in [2.05, 4.69) is 10.6 Å². The lowest BCUT2D eigenvalue weighted by molar-refractivity contribution is -0.137. The van der Waals surface area contributed by atoms with E-state index in [1.807, 2.05) is 0 Å². The molecule has 1 aliphatic heterocycles. The molecule has 3 rings (SSSR count). The van der Waals surface area contributed by atoms with Gasteiger partial charge < -0.3 is 20.1 Å².